The number of hydrogen-bond acceptors (Lipinski definition) is 2. The van der Waals surface area contributed by atoms with E-state index in [9.17, 15) is 0 Å². The normalized spacial score (nSPS) is 10.0. The fourth-order valence-corrected chi connectivity index (χ4v) is 1.20. The van der Waals surface area contributed by atoms with E-state index in [0.717, 1.165) is 25.3 Å². The molecule has 0 aliphatic rings. The maximum Gasteiger partial charge on any atom is 0.122 e. The van der Waals surface area contributed by atoms with E-state index >= 15 is 0 Å². The van der Waals surface area contributed by atoms with Crippen LogP contribution in [0, 0.1) is 0 Å². The third kappa shape index (κ3) is 3.07. The SMILES string of the molecule is CCc1ccccc1OCCNC. The van der Waals surface area contributed by atoms with Gasteiger partial charge in [0.05, 0.1) is 0 Å². The lowest BCUT2D eigenvalue weighted by molar-refractivity contribution is 0.315. The summed E-state index contributed by atoms with van der Waals surface area (Å²) >= 11 is 0. The predicted octanol–water partition coefficient (Wildman–Crippen LogP) is 1.85. The van der Waals surface area contributed by atoms with E-state index in [1.54, 1.807) is 0 Å². The molecule has 0 aromatic heterocycles. The van der Waals surface area contributed by atoms with Gasteiger partial charge in [-0.15, -0.1) is 0 Å². The molecule has 0 fully saturated rings. The van der Waals surface area contributed by atoms with Gasteiger partial charge in [-0.25, -0.2) is 0 Å². The Bertz CT molecular complexity index is 248. The first-order chi connectivity index (χ1) is 6.38. The van der Waals surface area contributed by atoms with Crippen molar-refractivity contribution in [2.45, 2.75) is 13.3 Å². The Labute approximate surface area is 79.9 Å². The van der Waals surface area contributed by atoms with Gasteiger partial charge in [0.15, 0.2) is 0 Å². The summed E-state index contributed by atoms with van der Waals surface area (Å²) in [5, 5.41) is 3.05. The maximum absolute atomic E-state index is 5.61. The lowest BCUT2D eigenvalue weighted by Crippen LogP contribution is -2.16. The predicted molar refractivity (Wildman–Crippen MR) is 55.2 cm³/mol. The Morgan fingerprint density at radius 1 is 1.31 bits per heavy atom. The molecule has 0 saturated carbocycles. The van der Waals surface area contributed by atoms with Crippen molar-refractivity contribution in [1.82, 2.24) is 5.32 Å². The second-order valence-electron chi connectivity index (χ2n) is 2.91. The van der Waals surface area contributed by atoms with Crippen molar-refractivity contribution < 1.29 is 4.74 Å². The molecule has 2 heteroatoms. The van der Waals surface area contributed by atoms with Crippen LogP contribution in [0.2, 0.25) is 0 Å². The van der Waals surface area contributed by atoms with Crippen LogP contribution in [0.1, 0.15) is 12.5 Å². The number of benzene rings is 1. The number of nitrogens with one attached hydrogen (secondary N) is 1. The van der Waals surface area contributed by atoms with E-state index in [2.05, 4.69) is 18.3 Å². The molecule has 0 bridgehead atoms. The monoisotopic (exact) mass is 179 g/mol. The Hall–Kier alpha value is -1.02. The molecule has 1 aromatic carbocycles. The minimum absolute atomic E-state index is 0.730. The minimum Gasteiger partial charge on any atom is -0.492 e. The van der Waals surface area contributed by atoms with Crippen molar-refractivity contribution in [2.24, 2.45) is 0 Å². The molecule has 1 aromatic rings. The molecule has 1 rings (SSSR count). The molecule has 1 N–H and O–H groups in total. The van der Waals surface area contributed by atoms with Crippen LogP contribution in [-0.4, -0.2) is 20.2 Å². The maximum atomic E-state index is 5.61. The molecule has 0 aliphatic heterocycles. The number of ether oxygens (including phenoxy) is 1. The zero-order valence-corrected chi connectivity index (χ0v) is 8.34. The third-order valence-corrected chi connectivity index (χ3v) is 1.96. The quantitative estimate of drug-likeness (QED) is 0.696. The minimum atomic E-state index is 0.730. The Morgan fingerprint density at radius 2 is 2.08 bits per heavy atom. The molecule has 0 heterocycles. The second-order valence-corrected chi connectivity index (χ2v) is 2.91. The molecule has 0 saturated heterocycles. The third-order valence-electron chi connectivity index (χ3n) is 1.96. The van der Waals surface area contributed by atoms with Crippen LogP contribution in [0.5, 0.6) is 5.75 Å². The standard InChI is InChI=1S/C11H17NO/c1-3-10-6-4-5-7-11(10)13-9-8-12-2/h4-7,12H,3,8-9H2,1-2H3. The first kappa shape index (κ1) is 10.1. The second kappa shape index (κ2) is 5.60. The summed E-state index contributed by atoms with van der Waals surface area (Å²) in [4.78, 5) is 0. The van der Waals surface area contributed by atoms with Gasteiger partial charge in [-0.05, 0) is 25.1 Å². The lowest BCUT2D eigenvalue weighted by atomic mass is 10.1. The summed E-state index contributed by atoms with van der Waals surface area (Å²) in [6.07, 6.45) is 1.02. The van der Waals surface area contributed by atoms with E-state index in [1.807, 2.05) is 25.2 Å². The van der Waals surface area contributed by atoms with Crippen molar-refractivity contribution in [1.29, 1.82) is 0 Å². The van der Waals surface area contributed by atoms with Crippen LogP contribution >= 0.6 is 0 Å². The van der Waals surface area contributed by atoms with Gasteiger partial charge < -0.3 is 10.1 Å². The van der Waals surface area contributed by atoms with Crippen molar-refractivity contribution >= 4 is 0 Å². The number of hydrogen-bond donors (Lipinski definition) is 1. The molecule has 0 radical (unpaired) electrons. The summed E-state index contributed by atoms with van der Waals surface area (Å²) in [6.45, 7) is 3.76. The van der Waals surface area contributed by atoms with Gasteiger partial charge in [-0.3, -0.25) is 0 Å². The molecule has 0 amide bonds. The Balaban J connectivity index is 2.54. The van der Waals surface area contributed by atoms with Crippen LogP contribution < -0.4 is 10.1 Å². The van der Waals surface area contributed by atoms with Gasteiger partial charge in [0, 0.05) is 6.54 Å². The van der Waals surface area contributed by atoms with Crippen LogP contribution in [0.25, 0.3) is 0 Å². The van der Waals surface area contributed by atoms with E-state index in [1.165, 1.54) is 5.56 Å². The van der Waals surface area contributed by atoms with Crippen molar-refractivity contribution in [3.8, 4) is 5.75 Å². The van der Waals surface area contributed by atoms with Gasteiger partial charge in [0.25, 0.3) is 0 Å². The molecule has 0 aliphatic carbocycles. The van der Waals surface area contributed by atoms with Crippen molar-refractivity contribution in [3.05, 3.63) is 29.8 Å². The highest BCUT2D eigenvalue weighted by Crippen LogP contribution is 2.17. The summed E-state index contributed by atoms with van der Waals surface area (Å²) in [5.74, 6) is 1.01. The van der Waals surface area contributed by atoms with Gasteiger partial charge >= 0.3 is 0 Å². The van der Waals surface area contributed by atoms with Crippen LogP contribution in [0.4, 0.5) is 0 Å². The fraction of sp³-hybridized carbons (Fsp3) is 0.455. The van der Waals surface area contributed by atoms with E-state index in [-0.39, 0.29) is 0 Å². The molecule has 0 atom stereocenters. The number of likely N-dealkylation sites (N-methyl/N-ethyl adjacent to an activating group) is 1. The molecule has 2 nitrogen and oxygen atoms in total. The highest BCUT2D eigenvalue weighted by molar-refractivity contribution is 5.33. The van der Waals surface area contributed by atoms with Crippen LogP contribution in [0.3, 0.4) is 0 Å². The van der Waals surface area contributed by atoms with Gasteiger partial charge in [0.2, 0.25) is 0 Å². The van der Waals surface area contributed by atoms with E-state index in [4.69, 9.17) is 4.74 Å². The van der Waals surface area contributed by atoms with Gasteiger partial charge in [-0.2, -0.15) is 0 Å². The highest BCUT2D eigenvalue weighted by Gasteiger charge is 1.98. The summed E-state index contributed by atoms with van der Waals surface area (Å²) in [5.41, 5.74) is 1.28. The fourth-order valence-electron chi connectivity index (χ4n) is 1.20. The average molecular weight is 179 g/mol. The molecule has 0 unspecified atom stereocenters. The zero-order valence-electron chi connectivity index (χ0n) is 8.34. The molecular formula is C11H17NO. The molecule has 0 spiro atoms. The topological polar surface area (TPSA) is 21.3 Å². The summed E-state index contributed by atoms with van der Waals surface area (Å²) < 4.78 is 5.61. The van der Waals surface area contributed by atoms with Crippen LogP contribution in [0.15, 0.2) is 24.3 Å². The smallest absolute Gasteiger partial charge is 0.122 e. The van der Waals surface area contributed by atoms with E-state index in [0.29, 0.717) is 0 Å². The largest absolute Gasteiger partial charge is 0.492 e. The van der Waals surface area contributed by atoms with Gasteiger partial charge in [0.1, 0.15) is 12.4 Å². The molecule has 13 heavy (non-hydrogen) atoms. The van der Waals surface area contributed by atoms with Crippen LogP contribution in [-0.2, 0) is 6.42 Å². The van der Waals surface area contributed by atoms with Crippen molar-refractivity contribution in [2.75, 3.05) is 20.2 Å². The average Bonchev–Trinajstić information content (AvgIpc) is 2.19. The first-order valence-corrected chi connectivity index (χ1v) is 4.73. The number of para-hydroxylation sites is 1. The van der Waals surface area contributed by atoms with Crippen molar-refractivity contribution in [3.63, 3.8) is 0 Å². The highest BCUT2D eigenvalue weighted by atomic mass is 16.5. The Kier molecular flexibility index (Phi) is 4.33. The summed E-state index contributed by atoms with van der Waals surface area (Å²) in [7, 11) is 1.93. The zero-order chi connectivity index (χ0) is 9.52. The lowest BCUT2D eigenvalue weighted by Gasteiger charge is -2.09. The Morgan fingerprint density at radius 3 is 2.77 bits per heavy atom. The number of rotatable bonds is 5. The van der Waals surface area contributed by atoms with Gasteiger partial charge in [-0.1, -0.05) is 25.1 Å². The summed E-state index contributed by atoms with van der Waals surface area (Å²) in [6, 6.07) is 8.18. The molecule has 72 valence electrons. The first-order valence-electron chi connectivity index (χ1n) is 4.73. The number of aryl methyl sites for hydroxylation is 1. The molecular weight excluding hydrogens is 162 g/mol. The van der Waals surface area contributed by atoms with E-state index < -0.39 is 0 Å².